The van der Waals surface area contributed by atoms with Gasteiger partial charge in [0.25, 0.3) is 0 Å². The van der Waals surface area contributed by atoms with Gasteiger partial charge in [-0.3, -0.25) is 5.10 Å². The molecule has 0 saturated carbocycles. The fourth-order valence-corrected chi connectivity index (χ4v) is 2.02. The fourth-order valence-electron chi connectivity index (χ4n) is 2.02. The van der Waals surface area contributed by atoms with E-state index in [-0.39, 0.29) is 0 Å². The Morgan fingerprint density at radius 2 is 1.58 bits per heavy atom. The number of nitrogens with zero attached hydrogens (tertiary/aromatic N) is 1. The van der Waals surface area contributed by atoms with Crippen molar-refractivity contribution in [2.24, 2.45) is 0 Å². The average molecular weight is 249 g/mol. The highest BCUT2D eigenvalue weighted by Gasteiger charge is 1.98. The minimum absolute atomic E-state index is 0.899. The number of benzene rings is 2. The quantitative estimate of drug-likeness (QED) is 0.739. The van der Waals surface area contributed by atoms with E-state index < -0.39 is 0 Å². The zero-order valence-electron chi connectivity index (χ0n) is 10.5. The van der Waals surface area contributed by atoms with E-state index in [0.29, 0.717) is 0 Å². The lowest BCUT2D eigenvalue weighted by atomic mass is 10.0. The van der Waals surface area contributed by atoms with E-state index in [1.807, 2.05) is 12.1 Å². The van der Waals surface area contributed by atoms with Crippen molar-refractivity contribution >= 4 is 11.5 Å². The Morgan fingerprint density at radius 3 is 2.26 bits per heavy atom. The number of rotatable bonds is 4. The zero-order valence-corrected chi connectivity index (χ0v) is 10.5. The first kappa shape index (κ1) is 11.5. The molecule has 1 aromatic heterocycles. The summed E-state index contributed by atoms with van der Waals surface area (Å²) >= 11 is 0. The summed E-state index contributed by atoms with van der Waals surface area (Å²) in [5, 5.41) is 10.0. The molecular formula is C16H15N3. The van der Waals surface area contributed by atoms with Gasteiger partial charge in [0.05, 0.1) is 6.20 Å². The molecule has 2 aromatic carbocycles. The first-order valence-corrected chi connectivity index (χ1v) is 6.29. The molecule has 0 amide bonds. The maximum atomic E-state index is 3.90. The first-order chi connectivity index (χ1) is 9.40. The van der Waals surface area contributed by atoms with Crippen LogP contribution in [0.5, 0.6) is 0 Å². The molecule has 2 N–H and O–H groups in total. The van der Waals surface area contributed by atoms with Gasteiger partial charge in [0, 0.05) is 11.8 Å². The highest BCUT2D eigenvalue weighted by molar-refractivity contribution is 5.56. The number of nitrogens with one attached hydrogen (secondary N) is 2. The number of hydrogen-bond acceptors (Lipinski definition) is 2. The monoisotopic (exact) mass is 249 g/mol. The van der Waals surface area contributed by atoms with Crippen molar-refractivity contribution in [1.82, 2.24) is 10.2 Å². The van der Waals surface area contributed by atoms with Crippen LogP contribution in [-0.4, -0.2) is 10.2 Å². The minimum Gasteiger partial charge on any atom is -0.341 e. The molecule has 3 rings (SSSR count). The molecule has 0 aliphatic carbocycles. The van der Waals surface area contributed by atoms with Gasteiger partial charge in [-0.05, 0) is 29.7 Å². The average Bonchev–Trinajstić information content (AvgIpc) is 2.95. The Balaban J connectivity index is 1.69. The van der Waals surface area contributed by atoms with Crippen LogP contribution in [0.4, 0.5) is 11.5 Å². The normalized spacial score (nSPS) is 10.3. The topological polar surface area (TPSA) is 40.7 Å². The van der Waals surface area contributed by atoms with Gasteiger partial charge in [-0.25, -0.2) is 0 Å². The molecule has 0 spiro atoms. The molecule has 0 fully saturated rings. The summed E-state index contributed by atoms with van der Waals surface area (Å²) in [7, 11) is 0. The summed E-state index contributed by atoms with van der Waals surface area (Å²) in [5.41, 5.74) is 3.69. The second-order valence-electron chi connectivity index (χ2n) is 4.45. The van der Waals surface area contributed by atoms with Crippen LogP contribution in [0.15, 0.2) is 66.9 Å². The van der Waals surface area contributed by atoms with Crippen molar-refractivity contribution in [2.75, 3.05) is 5.32 Å². The molecule has 0 saturated heterocycles. The third kappa shape index (κ3) is 3.01. The van der Waals surface area contributed by atoms with E-state index >= 15 is 0 Å². The fraction of sp³-hybridized carbons (Fsp3) is 0.0625. The Morgan fingerprint density at radius 1 is 0.842 bits per heavy atom. The number of aromatic amines is 1. The van der Waals surface area contributed by atoms with E-state index in [1.165, 1.54) is 11.1 Å². The van der Waals surface area contributed by atoms with Gasteiger partial charge in [0.1, 0.15) is 5.82 Å². The van der Waals surface area contributed by atoms with Gasteiger partial charge in [-0.1, -0.05) is 42.5 Å². The molecule has 0 atom stereocenters. The van der Waals surface area contributed by atoms with Crippen LogP contribution in [0.2, 0.25) is 0 Å². The Kier molecular flexibility index (Phi) is 3.28. The number of hydrogen-bond donors (Lipinski definition) is 2. The van der Waals surface area contributed by atoms with Crippen LogP contribution in [0.3, 0.4) is 0 Å². The van der Waals surface area contributed by atoms with Crippen LogP contribution < -0.4 is 5.32 Å². The van der Waals surface area contributed by atoms with Crippen molar-refractivity contribution < 1.29 is 0 Å². The molecule has 0 aliphatic heterocycles. The van der Waals surface area contributed by atoms with Gasteiger partial charge >= 0.3 is 0 Å². The minimum atomic E-state index is 0.899. The van der Waals surface area contributed by atoms with E-state index in [1.54, 1.807) is 6.20 Å². The van der Waals surface area contributed by atoms with Crippen molar-refractivity contribution in [3.05, 3.63) is 78.0 Å². The molecule has 0 bridgehead atoms. The van der Waals surface area contributed by atoms with Crippen LogP contribution in [-0.2, 0) is 6.42 Å². The molecule has 0 radical (unpaired) electrons. The Labute approximate surface area is 112 Å². The highest BCUT2D eigenvalue weighted by Crippen LogP contribution is 2.16. The lowest BCUT2D eigenvalue weighted by Crippen LogP contribution is -1.92. The zero-order chi connectivity index (χ0) is 12.9. The van der Waals surface area contributed by atoms with Crippen molar-refractivity contribution in [3.63, 3.8) is 0 Å². The summed E-state index contributed by atoms with van der Waals surface area (Å²) in [6.07, 6.45) is 2.69. The Hall–Kier alpha value is -2.55. The van der Waals surface area contributed by atoms with E-state index in [0.717, 1.165) is 17.9 Å². The molecular weight excluding hydrogens is 234 g/mol. The van der Waals surface area contributed by atoms with Gasteiger partial charge < -0.3 is 5.32 Å². The molecule has 3 nitrogen and oxygen atoms in total. The molecule has 94 valence electrons. The summed E-state index contributed by atoms with van der Waals surface area (Å²) in [6.45, 7) is 0. The van der Waals surface area contributed by atoms with E-state index in [2.05, 4.69) is 64.0 Å². The number of H-pyrrole nitrogens is 1. The Bertz CT molecular complexity index is 613. The third-order valence-corrected chi connectivity index (χ3v) is 2.98. The van der Waals surface area contributed by atoms with Crippen LogP contribution >= 0.6 is 0 Å². The lowest BCUT2D eigenvalue weighted by Gasteiger charge is -2.05. The predicted molar refractivity (Wildman–Crippen MR) is 77.6 cm³/mol. The molecule has 0 aliphatic rings. The van der Waals surface area contributed by atoms with Crippen molar-refractivity contribution in [1.29, 1.82) is 0 Å². The predicted octanol–water partition coefficient (Wildman–Crippen LogP) is 3.74. The van der Waals surface area contributed by atoms with Gasteiger partial charge in [-0.15, -0.1) is 0 Å². The second kappa shape index (κ2) is 5.40. The lowest BCUT2D eigenvalue weighted by molar-refractivity contribution is 1.09. The van der Waals surface area contributed by atoms with E-state index in [4.69, 9.17) is 0 Å². The SMILES string of the molecule is c1ccc(Cc2ccc(Nc3ccn[nH]3)cc2)cc1. The second-order valence-corrected chi connectivity index (χ2v) is 4.45. The maximum absolute atomic E-state index is 3.90. The smallest absolute Gasteiger partial charge is 0.125 e. The van der Waals surface area contributed by atoms with Gasteiger partial charge in [0.15, 0.2) is 0 Å². The maximum Gasteiger partial charge on any atom is 0.125 e. The molecule has 3 aromatic rings. The van der Waals surface area contributed by atoms with Gasteiger partial charge in [0.2, 0.25) is 0 Å². The molecule has 1 heterocycles. The number of aromatic nitrogens is 2. The summed E-state index contributed by atoms with van der Waals surface area (Å²) < 4.78 is 0. The van der Waals surface area contributed by atoms with Crippen LogP contribution in [0.25, 0.3) is 0 Å². The molecule has 19 heavy (non-hydrogen) atoms. The summed E-state index contributed by atoms with van der Waals surface area (Å²) in [4.78, 5) is 0. The van der Waals surface area contributed by atoms with Gasteiger partial charge in [-0.2, -0.15) is 5.10 Å². The number of anilines is 2. The highest BCUT2D eigenvalue weighted by atomic mass is 15.2. The van der Waals surface area contributed by atoms with Crippen LogP contribution in [0.1, 0.15) is 11.1 Å². The summed E-state index contributed by atoms with van der Waals surface area (Å²) in [5.74, 6) is 0.899. The van der Waals surface area contributed by atoms with Crippen molar-refractivity contribution in [3.8, 4) is 0 Å². The largest absolute Gasteiger partial charge is 0.341 e. The van der Waals surface area contributed by atoms with Crippen LogP contribution in [0, 0.1) is 0 Å². The first-order valence-electron chi connectivity index (χ1n) is 6.29. The summed E-state index contributed by atoms with van der Waals surface area (Å²) in [6, 6.07) is 20.8. The standard InChI is InChI=1S/C16H15N3/c1-2-4-13(5-3-1)12-14-6-8-15(9-7-14)18-16-10-11-17-19-16/h1-11H,12H2,(H2,17,18,19). The van der Waals surface area contributed by atoms with Crippen molar-refractivity contribution in [2.45, 2.75) is 6.42 Å². The van der Waals surface area contributed by atoms with E-state index in [9.17, 15) is 0 Å². The third-order valence-electron chi connectivity index (χ3n) is 2.98. The molecule has 0 unspecified atom stereocenters. The molecule has 3 heteroatoms.